The summed E-state index contributed by atoms with van der Waals surface area (Å²) in [5.74, 6) is 2.09. The van der Waals surface area contributed by atoms with Gasteiger partial charge in [-0.25, -0.2) is 0 Å². The summed E-state index contributed by atoms with van der Waals surface area (Å²) < 4.78 is 0. The highest BCUT2D eigenvalue weighted by atomic mass is 32.2. The van der Waals surface area contributed by atoms with E-state index < -0.39 is 0 Å². The molecule has 4 heteroatoms. The molecule has 2 aliphatic rings. The maximum atomic E-state index is 13.1. The number of nitrogens with zero attached hydrogens (tertiary/aromatic N) is 1. The Balaban J connectivity index is 1.77. The zero-order valence-electron chi connectivity index (χ0n) is 13.4. The van der Waals surface area contributed by atoms with Crippen LogP contribution in [0.25, 0.3) is 0 Å². The van der Waals surface area contributed by atoms with Gasteiger partial charge in [-0.05, 0) is 43.2 Å². The Bertz CT molecular complexity index is 510. The van der Waals surface area contributed by atoms with Crippen LogP contribution in [0, 0.1) is 5.92 Å². The first-order valence-electron chi connectivity index (χ1n) is 8.53. The molecule has 1 aliphatic heterocycles. The van der Waals surface area contributed by atoms with Crippen LogP contribution in [0.1, 0.15) is 43.0 Å². The fourth-order valence-electron chi connectivity index (χ4n) is 3.16. The zero-order valence-corrected chi connectivity index (χ0v) is 14.2. The van der Waals surface area contributed by atoms with Crippen molar-refractivity contribution in [2.45, 2.75) is 43.5 Å². The molecule has 0 aromatic heterocycles. The van der Waals surface area contributed by atoms with Crippen LogP contribution in [-0.2, 0) is 0 Å². The topological polar surface area (TPSA) is 32.3 Å². The van der Waals surface area contributed by atoms with Crippen molar-refractivity contribution in [1.82, 2.24) is 10.2 Å². The molecule has 1 aromatic carbocycles. The van der Waals surface area contributed by atoms with E-state index in [0.717, 1.165) is 48.2 Å². The number of amides is 1. The SMILES string of the molecule is CCSc1ccccc1C(=O)N(CCC1CC1)C1CCNC1. The predicted octanol–water partition coefficient (Wildman–Crippen LogP) is 3.40. The highest BCUT2D eigenvalue weighted by Gasteiger charge is 2.30. The monoisotopic (exact) mass is 318 g/mol. The lowest BCUT2D eigenvalue weighted by atomic mass is 10.1. The summed E-state index contributed by atoms with van der Waals surface area (Å²) in [4.78, 5) is 16.4. The Labute approximate surface area is 137 Å². The molecule has 1 saturated carbocycles. The number of nitrogens with one attached hydrogen (secondary N) is 1. The second-order valence-corrected chi connectivity index (χ2v) is 7.61. The molecule has 1 aliphatic carbocycles. The molecular weight excluding hydrogens is 292 g/mol. The van der Waals surface area contributed by atoms with E-state index in [1.807, 2.05) is 18.2 Å². The summed E-state index contributed by atoms with van der Waals surface area (Å²) in [7, 11) is 0. The van der Waals surface area contributed by atoms with Gasteiger partial charge in [-0.15, -0.1) is 11.8 Å². The molecule has 1 N–H and O–H groups in total. The third-order valence-corrected chi connectivity index (χ3v) is 5.58. The minimum absolute atomic E-state index is 0.228. The second kappa shape index (κ2) is 7.51. The molecule has 3 rings (SSSR count). The minimum Gasteiger partial charge on any atom is -0.334 e. The third kappa shape index (κ3) is 3.85. The second-order valence-electron chi connectivity index (χ2n) is 6.31. The van der Waals surface area contributed by atoms with Crippen LogP contribution in [0.5, 0.6) is 0 Å². The normalized spacial score (nSPS) is 21.0. The van der Waals surface area contributed by atoms with Gasteiger partial charge in [0.25, 0.3) is 5.91 Å². The molecular formula is C18H26N2OS. The van der Waals surface area contributed by atoms with Gasteiger partial charge in [-0.1, -0.05) is 31.9 Å². The molecule has 1 atom stereocenters. The van der Waals surface area contributed by atoms with Gasteiger partial charge in [-0.3, -0.25) is 4.79 Å². The van der Waals surface area contributed by atoms with Crippen LogP contribution < -0.4 is 5.32 Å². The van der Waals surface area contributed by atoms with Gasteiger partial charge < -0.3 is 10.2 Å². The molecule has 0 radical (unpaired) electrons. The summed E-state index contributed by atoms with van der Waals surface area (Å²) >= 11 is 1.76. The van der Waals surface area contributed by atoms with E-state index in [0.29, 0.717) is 6.04 Å². The quantitative estimate of drug-likeness (QED) is 0.782. The van der Waals surface area contributed by atoms with Crippen LogP contribution in [0.15, 0.2) is 29.2 Å². The molecule has 1 heterocycles. The van der Waals surface area contributed by atoms with Crippen molar-refractivity contribution in [3.63, 3.8) is 0 Å². The Morgan fingerprint density at radius 1 is 1.32 bits per heavy atom. The summed E-state index contributed by atoms with van der Waals surface area (Å²) in [5.41, 5.74) is 0.886. The van der Waals surface area contributed by atoms with Gasteiger partial charge in [-0.2, -0.15) is 0 Å². The van der Waals surface area contributed by atoms with Crippen molar-refractivity contribution in [1.29, 1.82) is 0 Å². The van der Waals surface area contributed by atoms with Crippen LogP contribution in [0.3, 0.4) is 0 Å². The highest BCUT2D eigenvalue weighted by Crippen LogP contribution is 2.33. The molecule has 1 saturated heterocycles. The molecule has 1 aromatic rings. The van der Waals surface area contributed by atoms with Crippen molar-refractivity contribution < 1.29 is 4.79 Å². The first-order chi connectivity index (χ1) is 10.8. The number of carbonyl (C=O) groups excluding carboxylic acids is 1. The Hall–Kier alpha value is -1.00. The number of hydrogen-bond donors (Lipinski definition) is 1. The lowest BCUT2D eigenvalue weighted by Crippen LogP contribution is -2.42. The first kappa shape index (κ1) is 15.9. The average Bonchev–Trinajstić information content (AvgIpc) is 3.21. The number of rotatable bonds is 7. The molecule has 1 amide bonds. The van der Waals surface area contributed by atoms with Crippen LogP contribution >= 0.6 is 11.8 Å². The van der Waals surface area contributed by atoms with E-state index in [1.165, 1.54) is 19.3 Å². The predicted molar refractivity (Wildman–Crippen MR) is 92.5 cm³/mol. The van der Waals surface area contributed by atoms with Gasteiger partial charge >= 0.3 is 0 Å². The molecule has 22 heavy (non-hydrogen) atoms. The number of thioether (sulfide) groups is 1. The number of benzene rings is 1. The molecule has 1 unspecified atom stereocenters. The fourth-order valence-corrected chi connectivity index (χ4v) is 3.96. The standard InChI is InChI=1S/C18H26N2OS/c1-2-22-17-6-4-3-5-16(17)18(21)20(12-10-14-7-8-14)15-9-11-19-13-15/h3-6,14-15,19H,2,7-13H2,1H3. The lowest BCUT2D eigenvalue weighted by molar-refractivity contribution is 0.0683. The zero-order chi connectivity index (χ0) is 15.4. The van der Waals surface area contributed by atoms with Crippen LogP contribution in [-0.4, -0.2) is 42.2 Å². The smallest absolute Gasteiger partial charge is 0.255 e. The molecule has 120 valence electrons. The average molecular weight is 318 g/mol. The maximum absolute atomic E-state index is 13.1. The molecule has 0 bridgehead atoms. The van der Waals surface area contributed by atoms with E-state index in [2.05, 4.69) is 23.2 Å². The summed E-state index contributed by atoms with van der Waals surface area (Å²) in [6, 6.07) is 8.45. The van der Waals surface area contributed by atoms with Crippen molar-refractivity contribution in [2.24, 2.45) is 5.92 Å². The Morgan fingerprint density at radius 3 is 2.82 bits per heavy atom. The maximum Gasteiger partial charge on any atom is 0.255 e. The Morgan fingerprint density at radius 2 is 2.14 bits per heavy atom. The largest absolute Gasteiger partial charge is 0.334 e. The number of carbonyl (C=O) groups is 1. The third-order valence-electron chi connectivity index (χ3n) is 4.63. The molecule has 2 fully saturated rings. The van der Waals surface area contributed by atoms with Crippen LogP contribution in [0.4, 0.5) is 0 Å². The van der Waals surface area contributed by atoms with Crippen molar-refractivity contribution in [3.8, 4) is 0 Å². The van der Waals surface area contributed by atoms with Crippen molar-refractivity contribution in [2.75, 3.05) is 25.4 Å². The van der Waals surface area contributed by atoms with E-state index >= 15 is 0 Å². The van der Waals surface area contributed by atoms with Crippen molar-refractivity contribution >= 4 is 17.7 Å². The minimum atomic E-state index is 0.228. The fraction of sp³-hybridized carbons (Fsp3) is 0.611. The molecule has 3 nitrogen and oxygen atoms in total. The van der Waals surface area contributed by atoms with E-state index in [1.54, 1.807) is 11.8 Å². The van der Waals surface area contributed by atoms with E-state index in [-0.39, 0.29) is 5.91 Å². The summed E-state index contributed by atoms with van der Waals surface area (Å²) in [6.45, 7) is 5.03. The van der Waals surface area contributed by atoms with Gasteiger partial charge in [0.15, 0.2) is 0 Å². The van der Waals surface area contributed by atoms with Crippen molar-refractivity contribution in [3.05, 3.63) is 29.8 Å². The first-order valence-corrected chi connectivity index (χ1v) is 9.51. The highest BCUT2D eigenvalue weighted by molar-refractivity contribution is 7.99. The van der Waals surface area contributed by atoms with E-state index in [9.17, 15) is 4.79 Å². The Kier molecular flexibility index (Phi) is 5.42. The van der Waals surface area contributed by atoms with Gasteiger partial charge in [0.1, 0.15) is 0 Å². The van der Waals surface area contributed by atoms with E-state index in [4.69, 9.17) is 0 Å². The van der Waals surface area contributed by atoms with Gasteiger partial charge in [0.05, 0.1) is 5.56 Å². The summed E-state index contributed by atoms with van der Waals surface area (Å²) in [6.07, 6.45) is 4.96. The molecule has 0 spiro atoms. The van der Waals surface area contributed by atoms with Gasteiger partial charge in [0, 0.05) is 24.0 Å². The van der Waals surface area contributed by atoms with Gasteiger partial charge in [0.2, 0.25) is 0 Å². The number of hydrogen-bond acceptors (Lipinski definition) is 3. The lowest BCUT2D eigenvalue weighted by Gasteiger charge is -2.29. The van der Waals surface area contributed by atoms with Crippen LogP contribution in [0.2, 0.25) is 0 Å². The summed E-state index contributed by atoms with van der Waals surface area (Å²) in [5, 5.41) is 3.40.